The molecule has 8 nitrogen and oxygen atoms in total. The number of piperazine rings is 1. The highest BCUT2D eigenvalue weighted by atomic mass is 32.2. The Labute approximate surface area is 202 Å². The second-order valence-corrected chi connectivity index (χ2v) is 10.8. The van der Waals surface area contributed by atoms with Gasteiger partial charge in [0.1, 0.15) is 5.75 Å². The van der Waals surface area contributed by atoms with Crippen LogP contribution < -0.4 is 15.0 Å². The summed E-state index contributed by atoms with van der Waals surface area (Å²) >= 11 is 0. The lowest BCUT2D eigenvalue weighted by Gasteiger charge is -2.35. The van der Waals surface area contributed by atoms with Crippen LogP contribution in [0.25, 0.3) is 0 Å². The maximum Gasteiger partial charge on any atom is 0.243 e. The molecule has 1 N–H and O–H groups in total. The molecule has 0 aliphatic carbocycles. The number of nitrogens with zero attached hydrogens (tertiary/aromatic N) is 3. The number of hydrogen-bond acceptors (Lipinski definition) is 6. The lowest BCUT2D eigenvalue weighted by atomic mass is 10.2. The SMILES string of the molecule is COc1ccc(N2CCN(CC(=O)Nc3ccc(S(=O)(=O)N4CCCCCC4)cc3)CC2)cc1. The van der Waals surface area contributed by atoms with E-state index >= 15 is 0 Å². The van der Waals surface area contributed by atoms with Crippen molar-refractivity contribution in [2.24, 2.45) is 0 Å². The number of carbonyl (C=O) groups excluding carboxylic acids is 1. The van der Waals surface area contributed by atoms with Gasteiger partial charge in [0.05, 0.1) is 18.6 Å². The summed E-state index contributed by atoms with van der Waals surface area (Å²) in [6.07, 6.45) is 3.96. The molecule has 0 unspecified atom stereocenters. The van der Waals surface area contributed by atoms with Gasteiger partial charge in [-0.3, -0.25) is 9.69 Å². The van der Waals surface area contributed by atoms with Crippen LogP contribution in [0.3, 0.4) is 0 Å². The molecule has 9 heteroatoms. The molecule has 2 aromatic carbocycles. The monoisotopic (exact) mass is 486 g/mol. The largest absolute Gasteiger partial charge is 0.497 e. The third-order valence-corrected chi connectivity index (χ3v) is 8.43. The molecule has 2 aromatic rings. The van der Waals surface area contributed by atoms with Gasteiger partial charge < -0.3 is 15.0 Å². The fraction of sp³-hybridized carbons (Fsp3) is 0.480. The minimum absolute atomic E-state index is 0.0963. The number of benzene rings is 2. The van der Waals surface area contributed by atoms with Gasteiger partial charge in [0.15, 0.2) is 0 Å². The van der Waals surface area contributed by atoms with Crippen LogP contribution in [-0.2, 0) is 14.8 Å². The summed E-state index contributed by atoms with van der Waals surface area (Å²) in [5.74, 6) is 0.743. The summed E-state index contributed by atoms with van der Waals surface area (Å²) in [6, 6.07) is 14.5. The summed E-state index contributed by atoms with van der Waals surface area (Å²) in [5, 5.41) is 2.90. The van der Waals surface area contributed by atoms with E-state index in [1.165, 1.54) is 0 Å². The summed E-state index contributed by atoms with van der Waals surface area (Å²) < 4.78 is 32.6. The van der Waals surface area contributed by atoms with Crippen LogP contribution in [0.5, 0.6) is 5.75 Å². The number of hydrogen-bond donors (Lipinski definition) is 1. The number of rotatable bonds is 7. The second kappa shape index (κ2) is 11.2. The van der Waals surface area contributed by atoms with E-state index in [4.69, 9.17) is 4.74 Å². The van der Waals surface area contributed by atoms with Gasteiger partial charge in [-0.15, -0.1) is 0 Å². The van der Waals surface area contributed by atoms with E-state index in [-0.39, 0.29) is 10.8 Å². The number of carbonyl (C=O) groups is 1. The molecule has 184 valence electrons. The van der Waals surface area contributed by atoms with Crippen molar-refractivity contribution in [3.63, 3.8) is 0 Å². The molecule has 2 aliphatic rings. The molecule has 0 aromatic heterocycles. The molecular formula is C25H34N4O4S. The van der Waals surface area contributed by atoms with Crippen LogP contribution in [0.2, 0.25) is 0 Å². The van der Waals surface area contributed by atoms with Crippen molar-refractivity contribution in [2.45, 2.75) is 30.6 Å². The molecule has 0 bridgehead atoms. The Kier molecular flexibility index (Phi) is 8.07. The summed E-state index contributed by atoms with van der Waals surface area (Å²) in [7, 11) is -1.83. The Balaban J connectivity index is 1.26. The molecule has 0 spiro atoms. The first-order valence-corrected chi connectivity index (χ1v) is 13.4. The first-order valence-electron chi connectivity index (χ1n) is 12.0. The molecule has 1 amide bonds. The molecule has 4 rings (SSSR count). The first kappa shape index (κ1) is 24.5. The highest BCUT2D eigenvalue weighted by Crippen LogP contribution is 2.23. The van der Waals surface area contributed by atoms with Crippen LogP contribution in [0.15, 0.2) is 53.4 Å². The number of nitrogens with one attached hydrogen (secondary N) is 1. The first-order chi connectivity index (χ1) is 16.5. The Morgan fingerprint density at radius 3 is 2.06 bits per heavy atom. The van der Waals surface area contributed by atoms with E-state index in [9.17, 15) is 13.2 Å². The topological polar surface area (TPSA) is 82.2 Å². The van der Waals surface area contributed by atoms with Crippen LogP contribution in [0.4, 0.5) is 11.4 Å². The fourth-order valence-corrected chi connectivity index (χ4v) is 6.02. The zero-order valence-corrected chi connectivity index (χ0v) is 20.6. The van der Waals surface area contributed by atoms with Gasteiger partial charge in [-0.25, -0.2) is 8.42 Å². The third-order valence-electron chi connectivity index (χ3n) is 6.52. The van der Waals surface area contributed by atoms with Gasteiger partial charge in [0.25, 0.3) is 0 Å². The zero-order chi connectivity index (χ0) is 24.0. The molecule has 0 radical (unpaired) electrons. The summed E-state index contributed by atoms with van der Waals surface area (Å²) in [5.41, 5.74) is 1.76. The molecule has 0 atom stereocenters. The average Bonchev–Trinajstić information content (AvgIpc) is 3.15. The van der Waals surface area contributed by atoms with Crippen LogP contribution in [0.1, 0.15) is 25.7 Å². The van der Waals surface area contributed by atoms with Crippen molar-refractivity contribution in [2.75, 3.05) is 63.1 Å². The average molecular weight is 487 g/mol. The lowest BCUT2D eigenvalue weighted by molar-refractivity contribution is -0.117. The number of sulfonamides is 1. The predicted octanol–water partition coefficient (Wildman–Crippen LogP) is 3.02. The minimum atomic E-state index is -3.48. The van der Waals surface area contributed by atoms with E-state index in [0.29, 0.717) is 25.3 Å². The van der Waals surface area contributed by atoms with Crippen molar-refractivity contribution in [1.82, 2.24) is 9.21 Å². The van der Waals surface area contributed by atoms with E-state index in [1.807, 2.05) is 12.1 Å². The van der Waals surface area contributed by atoms with Crippen LogP contribution in [-0.4, -0.2) is 76.5 Å². The Hall–Kier alpha value is -2.62. The Morgan fingerprint density at radius 1 is 0.853 bits per heavy atom. The molecule has 2 fully saturated rings. The highest BCUT2D eigenvalue weighted by Gasteiger charge is 2.25. The Bertz CT molecular complexity index is 1040. The lowest BCUT2D eigenvalue weighted by Crippen LogP contribution is -2.48. The maximum absolute atomic E-state index is 12.9. The van der Waals surface area contributed by atoms with Gasteiger partial charge in [-0.05, 0) is 61.4 Å². The molecule has 0 saturated carbocycles. The van der Waals surface area contributed by atoms with Crippen molar-refractivity contribution in [3.8, 4) is 5.75 Å². The molecule has 2 aliphatic heterocycles. The normalized spacial score (nSPS) is 18.3. The van der Waals surface area contributed by atoms with Crippen molar-refractivity contribution in [3.05, 3.63) is 48.5 Å². The predicted molar refractivity (Wildman–Crippen MR) is 134 cm³/mol. The zero-order valence-electron chi connectivity index (χ0n) is 19.8. The number of methoxy groups -OCH3 is 1. The van der Waals surface area contributed by atoms with Gasteiger partial charge >= 0.3 is 0 Å². The molecule has 34 heavy (non-hydrogen) atoms. The van der Waals surface area contributed by atoms with E-state index in [1.54, 1.807) is 35.7 Å². The standard InChI is InChI=1S/C25H34N4O4S/c1-33-23-10-8-22(9-11-23)28-18-16-27(17-19-28)20-25(30)26-21-6-12-24(13-7-21)34(31,32)29-14-4-2-3-5-15-29/h6-13H,2-5,14-20H2,1H3,(H,26,30). The van der Waals surface area contributed by atoms with E-state index < -0.39 is 10.0 Å². The van der Waals surface area contributed by atoms with Gasteiger partial charge in [0.2, 0.25) is 15.9 Å². The number of amides is 1. The van der Waals surface area contributed by atoms with E-state index in [2.05, 4.69) is 27.2 Å². The Morgan fingerprint density at radius 2 is 1.47 bits per heavy atom. The third kappa shape index (κ3) is 6.08. The van der Waals surface area contributed by atoms with Crippen LogP contribution in [0, 0.1) is 0 Å². The smallest absolute Gasteiger partial charge is 0.243 e. The number of anilines is 2. The second-order valence-electron chi connectivity index (χ2n) is 8.85. The van der Waals surface area contributed by atoms with Crippen molar-refractivity contribution < 1.29 is 17.9 Å². The summed E-state index contributed by atoms with van der Waals surface area (Å²) in [4.78, 5) is 17.3. The van der Waals surface area contributed by atoms with Gasteiger partial charge in [0, 0.05) is 50.6 Å². The molecular weight excluding hydrogens is 452 g/mol. The fourth-order valence-electron chi connectivity index (χ4n) is 4.50. The van der Waals surface area contributed by atoms with Gasteiger partial charge in [-0.2, -0.15) is 4.31 Å². The quantitative estimate of drug-likeness (QED) is 0.648. The number of ether oxygens (including phenoxy) is 1. The minimum Gasteiger partial charge on any atom is -0.497 e. The molecule has 2 saturated heterocycles. The van der Waals surface area contributed by atoms with E-state index in [0.717, 1.165) is 63.3 Å². The summed E-state index contributed by atoms with van der Waals surface area (Å²) in [6.45, 7) is 4.76. The highest BCUT2D eigenvalue weighted by molar-refractivity contribution is 7.89. The van der Waals surface area contributed by atoms with Gasteiger partial charge in [-0.1, -0.05) is 12.8 Å². The molecule has 2 heterocycles. The van der Waals surface area contributed by atoms with Crippen molar-refractivity contribution in [1.29, 1.82) is 0 Å². The maximum atomic E-state index is 12.9. The van der Waals surface area contributed by atoms with Crippen LogP contribution >= 0.6 is 0 Å². The van der Waals surface area contributed by atoms with Crippen molar-refractivity contribution >= 4 is 27.3 Å².